The minimum atomic E-state index is -0.208. The third-order valence-corrected chi connectivity index (χ3v) is 6.33. The molecule has 1 atom stereocenters. The zero-order valence-electron chi connectivity index (χ0n) is 18.0. The summed E-state index contributed by atoms with van der Waals surface area (Å²) in [5, 5.41) is 0. The van der Waals surface area contributed by atoms with Crippen molar-refractivity contribution in [2.24, 2.45) is 0 Å². The van der Waals surface area contributed by atoms with E-state index in [4.69, 9.17) is 9.47 Å². The average molecular weight is 413 g/mol. The summed E-state index contributed by atoms with van der Waals surface area (Å²) in [4.78, 5) is 6.65. The molecule has 2 aromatic carbocycles. The second-order valence-corrected chi connectivity index (χ2v) is 8.47. The molecule has 3 heterocycles. The number of nitrogens with zero attached hydrogens (tertiary/aromatic N) is 2. The van der Waals surface area contributed by atoms with Crippen LogP contribution in [0, 0.1) is 0 Å². The third-order valence-electron chi connectivity index (χ3n) is 6.33. The van der Waals surface area contributed by atoms with E-state index in [1.54, 1.807) is 7.11 Å². The van der Waals surface area contributed by atoms with E-state index >= 15 is 0 Å². The number of hydrogen-bond donors (Lipinski definition) is 0. The fraction of sp³-hybridized carbons (Fsp3) is 0.296. The number of likely N-dealkylation sites (tertiary alicyclic amines) is 1. The van der Waals surface area contributed by atoms with Gasteiger partial charge in [0.25, 0.3) is 0 Å². The Balaban J connectivity index is 1.41. The van der Waals surface area contributed by atoms with E-state index in [1.807, 2.05) is 24.5 Å². The molecule has 0 N–H and O–H groups in total. The monoisotopic (exact) mass is 412 g/mol. The largest absolute Gasteiger partial charge is 0.496 e. The van der Waals surface area contributed by atoms with Gasteiger partial charge in [-0.25, -0.2) is 0 Å². The lowest BCUT2D eigenvalue weighted by Crippen LogP contribution is -2.46. The van der Waals surface area contributed by atoms with Gasteiger partial charge in [0.15, 0.2) is 0 Å². The van der Waals surface area contributed by atoms with Gasteiger partial charge in [0.05, 0.1) is 13.7 Å². The van der Waals surface area contributed by atoms with Crippen molar-refractivity contribution < 1.29 is 9.47 Å². The molecule has 1 spiro atoms. The maximum atomic E-state index is 6.46. The van der Waals surface area contributed by atoms with E-state index in [9.17, 15) is 0 Å². The van der Waals surface area contributed by atoms with Gasteiger partial charge in [0, 0.05) is 31.0 Å². The number of aromatic nitrogens is 1. The molecule has 158 valence electrons. The maximum absolute atomic E-state index is 6.46. The highest BCUT2D eigenvalue weighted by Gasteiger charge is 2.39. The first-order chi connectivity index (χ1) is 15.2. The number of methoxy groups -OCH3 is 1. The molecule has 4 nitrogen and oxygen atoms in total. The van der Waals surface area contributed by atoms with Crippen LogP contribution >= 0.6 is 0 Å². The number of benzene rings is 2. The predicted octanol–water partition coefficient (Wildman–Crippen LogP) is 5.21. The van der Waals surface area contributed by atoms with E-state index < -0.39 is 0 Å². The van der Waals surface area contributed by atoms with Gasteiger partial charge in [0.2, 0.25) is 0 Å². The lowest BCUT2D eigenvalue weighted by molar-refractivity contribution is -0.0328. The number of ether oxygens (including phenoxy) is 2. The zero-order valence-corrected chi connectivity index (χ0v) is 18.0. The summed E-state index contributed by atoms with van der Waals surface area (Å²) in [5.74, 6) is 0.890. The maximum Gasteiger partial charge on any atom is 0.126 e. The Bertz CT molecular complexity index is 1070. The average Bonchev–Trinajstić information content (AvgIpc) is 3.22. The molecule has 0 saturated carbocycles. The van der Waals surface area contributed by atoms with Crippen molar-refractivity contribution in [2.75, 3.05) is 26.8 Å². The molecule has 31 heavy (non-hydrogen) atoms. The smallest absolute Gasteiger partial charge is 0.126 e. The summed E-state index contributed by atoms with van der Waals surface area (Å²) in [6.45, 7) is 3.63. The van der Waals surface area contributed by atoms with Gasteiger partial charge in [-0.3, -0.25) is 9.88 Å². The molecule has 5 rings (SSSR count). The first-order valence-electron chi connectivity index (χ1n) is 11.0. The molecular weight excluding hydrogens is 384 g/mol. The lowest BCUT2D eigenvalue weighted by atomic mass is 9.90. The Hall–Kier alpha value is -2.95. The van der Waals surface area contributed by atoms with Crippen LogP contribution in [-0.2, 0) is 11.3 Å². The Morgan fingerprint density at radius 3 is 2.68 bits per heavy atom. The minimum absolute atomic E-state index is 0.208. The van der Waals surface area contributed by atoms with Gasteiger partial charge in [-0.05, 0) is 72.0 Å². The first-order valence-corrected chi connectivity index (χ1v) is 11.0. The van der Waals surface area contributed by atoms with Crippen LogP contribution in [0.25, 0.3) is 16.7 Å². The summed E-state index contributed by atoms with van der Waals surface area (Å²) in [5.41, 5.74) is 5.80. The molecule has 0 amide bonds. The van der Waals surface area contributed by atoms with Crippen LogP contribution in [-0.4, -0.2) is 42.3 Å². The van der Waals surface area contributed by atoms with Gasteiger partial charge < -0.3 is 9.47 Å². The molecule has 2 aliphatic heterocycles. The fourth-order valence-corrected chi connectivity index (χ4v) is 4.81. The fourth-order valence-electron chi connectivity index (χ4n) is 4.81. The van der Waals surface area contributed by atoms with Crippen molar-refractivity contribution >= 4 is 5.57 Å². The van der Waals surface area contributed by atoms with Crippen LogP contribution in [0.3, 0.4) is 0 Å². The summed E-state index contributed by atoms with van der Waals surface area (Å²) < 4.78 is 12.2. The second kappa shape index (κ2) is 8.66. The molecule has 0 bridgehead atoms. The Kier molecular flexibility index (Phi) is 5.58. The molecule has 1 saturated heterocycles. The second-order valence-electron chi connectivity index (χ2n) is 8.47. The van der Waals surface area contributed by atoms with Gasteiger partial charge in [-0.15, -0.1) is 0 Å². The summed E-state index contributed by atoms with van der Waals surface area (Å²) >= 11 is 0. The molecular formula is C27H28N2O2. The Morgan fingerprint density at radius 2 is 1.87 bits per heavy atom. The highest BCUT2D eigenvalue weighted by atomic mass is 16.5. The van der Waals surface area contributed by atoms with Crippen LogP contribution in [0.5, 0.6) is 5.75 Å². The van der Waals surface area contributed by atoms with Crippen molar-refractivity contribution in [1.29, 1.82) is 0 Å². The lowest BCUT2D eigenvalue weighted by Gasteiger charge is -2.38. The Morgan fingerprint density at radius 1 is 1.03 bits per heavy atom. The molecule has 4 heteroatoms. The molecule has 3 aromatic rings. The van der Waals surface area contributed by atoms with E-state index in [1.165, 1.54) is 11.1 Å². The summed E-state index contributed by atoms with van der Waals surface area (Å²) in [7, 11) is 1.74. The molecule has 0 radical (unpaired) electrons. The normalized spacial score (nSPS) is 21.3. The van der Waals surface area contributed by atoms with Crippen molar-refractivity contribution in [3.05, 3.63) is 90.3 Å². The van der Waals surface area contributed by atoms with E-state index in [2.05, 4.69) is 64.5 Å². The van der Waals surface area contributed by atoms with Crippen LogP contribution in [0.1, 0.15) is 24.0 Å². The van der Waals surface area contributed by atoms with Gasteiger partial charge in [-0.1, -0.05) is 36.4 Å². The highest BCUT2D eigenvalue weighted by Crippen LogP contribution is 2.40. The quantitative estimate of drug-likeness (QED) is 0.576. The van der Waals surface area contributed by atoms with Gasteiger partial charge in [0.1, 0.15) is 11.4 Å². The SMILES string of the molecule is COc1ccc(-c2ccncc2)cc1C1=CC2(CCCN(Cc3ccccc3)C2)OC1. The van der Waals surface area contributed by atoms with Crippen LogP contribution in [0.15, 0.2) is 79.1 Å². The molecule has 1 aromatic heterocycles. The van der Waals surface area contributed by atoms with Crippen LogP contribution in [0.2, 0.25) is 0 Å². The molecule has 1 unspecified atom stereocenters. The molecule has 0 aliphatic carbocycles. The van der Waals surface area contributed by atoms with Gasteiger partial charge >= 0.3 is 0 Å². The van der Waals surface area contributed by atoms with Crippen LogP contribution in [0.4, 0.5) is 0 Å². The van der Waals surface area contributed by atoms with Crippen molar-refractivity contribution in [3.63, 3.8) is 0 Å². The van der Waals surface area contributed by atoms with E-state index in [0.29, 0.717) is 6.61 Å². The molecule has 1 fully saturated rings. The van der Waals surface area contributed by atoms with Crippen LogP contribution < -0.4 is 4.74 Å². The molecule has 2 aliphatic rings. The van der Waals surface area contributed by atoms with Crippen molar-refractivity contribution in [3.8, 4) is 16.9 Å². The number of rotatable bonds is 5. The van der Waals surface area contributed by atoms with Crippen molar-refractivity contribution in [1.82, 2.24) is 9.88 Å². The minimum Gasteiger partial charge on any atom is -0.496 e. The van der Waals surface area contributed by atoms with E-state index in [-0.39, 0.29) is 5.60 Å². The summed E-state index contributed by atoms with van der Waals surface area (Å²) in [6.07, 6.45) is 8.22. The topological polar surface area (TPSA) is 34.6 Å². The number of piperidine rings is 1. The van der Waals surface area contributed by atoms with Crippen molar-refractivity contribution in [2.45, 2.75) is 25.0 Å². The standard InChI is InChI=1S/C27H28N2O2/c1-30-26-9-8-23(22-10-13-28-14-11-22)16-25(26)24-17-27(31-19-24)12-5-15-29(20-27)18-21-6-3-2-4-7-21/h2-4,6-11,13-14,16-17H,5,12,15,18-20H2,1H3. The van der Waals surface area contributed by atoms with E-state index in [0.717, 1.165) is 54.9 Å². The zero-order chi connectivity index (χ0) is 21.1. The first kappa shape index (κ1) is 20.0. The van der Waals surface area contributed by atoms with Gasteiger partial charge in [-0.2, -0.15) is 0 Å². The predicted molar refractivity (Wildman–Crippen MR) is 124 cm³/mol. The highest BCUT2D eigenvalue weighted by molar-refractivity contribution is 5.78. The summed E-state index contributed by atoms with van der Waals surface area (Å²) in [6, 6.07) is 21.1. The Labute approximate surface area is 184 Å². The third kappa shape index (κ3) is 4.27. The number of pyridine rings is 1. The number of hydrogen-bond acceptors (Lipinski definition) is 4.